The Labute approximate surface area is 114 Å². The van der Waals surface area contributed by atoms with Gasteiger partial charge in [-0.1, -0.05) is 0 Å². The fraction of sp³-hybridized carbons (Fsp3) is 0.333. The summed E-state index contributed by atoms with van der Waals surface area (Å²) in [6.45, 7) is 4.38. The van der Waals surface area contributed by atoms with E-state index in [1.807, 2.05) is 12.3 Å². The monoisotopic (exact) mass is 278 g/mol. The lowest BCUT2D eigenvalue weighted by molar-refractivity contribution is -0.385. The highest BCUT2D eigenvalue weighted by molar-refractivity contribution is 7.09. The van der Waals surface area contributed by atoms with Gasteiger partial charge in [0.1, 0.15) is 12.0 Å². The molecule has 0 saturated carbocycles. The number of hydrogen-bond donors (Lipinski definition) is 1. The van der Waals surface area contributed by atoms with Crippen molar-refractivity contribution >= 4 is 22.8 Å². The van der Waals surface area contributed by atoms with Gasteiger partial charge in [0.05, 0.1) is 15.6 Å². The van der Waals surface area contributed by atoms with E-state index in [9.17, 15) is 10.1 Å². The number of rotatable bonds is 5. The Balaban J connectivity index is 1.93. The van der Waals surface area contributed by atoms with Crippen molar-refractivity contribution in [1.82, 2.24) is 9.97 Å². The molecule has 0 bridgehead atoms. The molecule has 7 heteroatoms. The molecule has 2 aromatic rings. The number of nitrogens with zero attached hydrogens (tertiary/aromatic N) is 3. The van der Waals surface area contributed by atoms with Gasteiger partial charge in [0.25, 0.3) is 5.69 Å². The maximum absolute atomic E-state index is 10.7. The molecule has 0 aliphatic heterocycles. The fourth-order valence-corrected chi connectivity index (χ4v) is 2.33. The molecule has 0 fully saturated rings. The minimum atomic E-state index is -0.426. The first-order chi connectivity index (χ1) is 9.06. The molecule has 2 rings (SSSR count). The van der Waals surface area contributed by atoms with E-state index in [4.69, 9.17) is 0 Å². The summed E-state index contributed by atoms with van der Waals surface area (Å²) in [5.41, 5.74) is 1.70. The molecule has 100 valence electrons. The van der Waals surface area contributed by atoms with Crippen LogP contribution < -0.4 is 5.32 Å². The van der Waals surface area contributed by atoms with Gasteiger partial charge in [-0.15, -0.1) is 11.3 Å². The van der Waals surface area contributed by atoms with Crippen molar-refractivity contribution in [3.8, 4) is 0 Å². The Hall–Kier alpha value is -2.02. The third-order valence-corrected chi connectivity index (χ3v) is 3.46. The van der Waals surface area contributed by atoms with Gasteiger partial charge in [-0.05, 0) is 19.9 Å². The van der Waals surface area contributed by atoms with Gasteiger partial charge in [-0.3, -0.25) is 10.1 Å². The number of aromatic nitrogens is 2. The van der Waals surface area contributed by atoms with Crippen LogP contribution in [0.1, 0.15) is 16.3 Å². The second-order valence-electron chi connectivity index (χ2n) is 4.15. The van der Waals surface area contributed by atoms with E-state index in [2.05, 4.69) is 15.3 Å². The van der Waals surface area contributed by atoms with Gasteiger partial charge in [0.2, 0.25) is 0 Å². The fourth-order valence-electron chi connectivity index (χ4n) is 1.68. The molecule has 2 aromatic heterocycles. The average molecular weight is 278 g/mol. The number of thiazole rings is 1. The largest absolute Gasteiger partial charge is 0.370 e. The van der Waals surface area contributed by atoms with Crippen molar-refractivity contribution < 1.29 is 4.92 Å². The summed E-state index contributed by atoms with van der Waals surface area (Å²) in [5, 5.41) is 16.9. The lowest BCUT2D eigenvalue weighted by atomic mass is 10.2. The molecule has 6 nitrogen and oxygen atoms in total. The van der Waals surface area contributed by atoms with Crippen LogP contribution in [0.4, 0.5) is 11.5 Å². The summed E-state index contributed by atoms with van der Waals surface area (Å²) in [6, 6.07) is 1.68. The quantitative estimate of drug-likeness (QED) is 0.671. The van der Waals surface area contributed by atoms with Crippen molar-refractivity contribution in [2.45, 2.75) is 20.3 Å². The highest BCUT2D eigenvalue weighted by atomic mass is 32.1. The number of hydrogen-bond acceptors (Lipinski definition) is 6. The van der Waals surface area contributed by atoms with E-state index < -0.39 is 4.92 Å². The second-order valence-corrected chi connectivity index (χ2v) is 5.21. The zero-order chi connectivity index (χ0) is 13.8. The molecule has 0 radical (unpaired) electrons. The maximum atomic E-state index is 10.7. The van der Waals surface area contributed by atoms with E-state index in [1.54, 1.807) is 24.3 Å². The summed E-state index contributed by atoms with van der Waals surface area (Å²) in [6.07, 6.45) is 2.09. The first-order valence-corrected chi connectivity index (χ1v) is 6.70. The normalized spacial score (nSPS) is 10.4. The predicted molar refractivity (Wildman–Crippen MR) is 74.7 cm³/mol. The zero-order valence-electron chi connectivity index (χ0n) is 10.7. The number of anilines is 1. The van der Waals surface area contributed by atoms with Crippen LogP contribution in [0.25, 0.3) is 0 Å². The second kappa shape index (κ2) is 5.75. The van der Waals surface area contributed by atoms with E-state index in [0.29, 0.717) is 17.9 Å². The molecule has 1 N–H and O–H groups in total. The Morgan fingerprint density at radius 2 is 2.26 bits per heavy atom. The van der Waals surface area contributed by atoms with Crippen LogP contribution in [0.15, 0.2) is 17.6 Å². The van der Waals surface area contributed by atoms with Crippen LogP contribution in [-0.2, 0) is 6.42 Å². The van der Waals surface area contributed by atoms with Crippen LogP contribution in [-0.4, -0.2) is 21.4 Å². The standard InChI is InChI=1S/C12H14N4O2S/c1-8-5-12(14-6-11(8)16(17)18)13-4-3-10-7-19-9(2)15-10/h5-7H,3-4H2,1-2H3,(H,13,14). The highest BCUT2D eigenvalue weighted by Crippen LogP contribution is 2.18. The number of aryl methyl sites for hydroxylation is 2. The molecular formula is C12H14N4O2S. The van der Waals surface area contributed by atoms with E-state index in [1.165, 1.54) is 6.20 Å². The Morgan fingerprint density at radius 1 is 1.47 bits per heavy atom. The molecule has 0 unspecified atom stereocenters. The Morgan fingerprint density at radius 3 is 2.84 bits per heavy atom. The van der Waals surface area contributed by atoms with Crippen molar-refractivity contribution in [3.05, 3.63) is 44.0 Å². The summed E-state index contributed by atoms with van der Waals surface area (Å²) in [4.78, 5) is 18.6. The molecule has 2 heterocycles. The smallest absolute Gasteiger partial charge is 0.290 e. The van der Waals surface area contributed by atoms with Crippen LogP contribution in [0.3, 0.4) is 0 Å². The molecule has 0 amide bonds. The van der Waals surface area contributed by atoms with E-state index in [-0.39, 0.29) is 5.69 Å². The van der Waals surface area contributed by atoms with Crippen molar-refractivity contribution in [2.24, 2.45) is 0 Å². The first-order valence-electron chi connectivity index (χ1n) is 5.82. The number of nitro groups is 1. The number of nitrogens with one attached hydrogen (secondary N) is 1. The summed E-state index contributed by atoms with van der Waals surface area (Å²) in [7, 11) is 0. The van der Waals surface area contributed by atoms with Crippen molar-refractivity contribution in [1.29, 1.82) is 0 Å². The summed E-state index contributed by atoms with van der Waals surface area (Å²) >= 11 is 1.63. The molecule has 0 aliphatic rings. The molecule has 0 aromatic carbocycles. The van der Waals surface area contributed by atoms with Gasteiger partial charge in [-0.25, -0.2) is 9.97 Å². The zero-order valence-corrected chi connectivity index (χ0v) is 11.5. The number of pyridine rings is 1. The Bertz CT molecular complexity index is 597. The van der Waals surface area contributed by atoms with Crippen molar-refractivity contribution in [2.75, 3.05) is 11.9 Å². The topological polar surface area (TPSA) is 81.0 Å². The molecule has 0 aliphatic carbocycles. The molecular weight excluding hydrogens is 264 g/mol. The third-order valence-electron chi connectivity index (χ3n) is 2.63. The molecule has 0 spiro atoms. The minimum Gasteiger partial charge on any atom is -0.370 e. The lowest BCUT2D eigenvalue weighted by Crippen LogP contribution is -2.07. The highest BCUT2D eigenvalue weighted by Gasteiger charge is 2.11. The average Bonchev–Trinajstić information content (AvgIpc) is 2.75. The molecule has 0 saturated heterocycles. The van der Waals surface area contributed by atoms with Gasteiger partial charge >= 0.3 is 0 Å². The molecule has 0 atom stereocenters. The van der Waals surface area contributed by atoms with Crippen LogP contribution in [0, 0.1) is 24.0 Å². The lowest BCUT2D eigenvalue weighted by Gasteiger charge is -2.05. The van der Waals surface area contributed by atoms with Gasteiger partial charge in [0, 0.05) is 23.9 Å². The molecule has 19 heavy (non-hydrogen) atoms. The van der Waals surface area contributed by atoms with Gasteiger partial charge < -0.3 is 5.32 Å². The minimum absolute atomic E-state index is 0.0423. The van der Waals surface area contributed by atoms with Crippen LogP contribution >= 0.6 is 11.3 Å². The van der Waals surface area contributed by atoms with Crippen LogP contribution in [0.5, 0.6) is 0 Å². The maximum Gasteiger partial charge on any atom is 0.290 e. The van der Waals surface area contributed by atoms with Gasteiger partial charge in [-0.2, -0.15) is 0 Å². The van der Waals surface area contributed by atoms with Gasteiger partial charge in [0.15, 0.2) is 0 Å². The van der Waals surface area contributed by atoms with E-state index >= 15 is 0 Å². The third kappa shape index (κ3) is 3.47. The van der Waals surface area contributed by atoms with Crippen LogP contribution in [0.2, 0.25) is 0 Å². The first kappa shape index (κ1) is 13.4. The van der Waals surface area contributed by atoms with Crippen molar-refractivity contribution in [3.63, 3.8) is 0 Å². The summed E-state index contributed by atoms with van der Waals surface area (Å²) < 4.78 is 0. The Kier molecular flexibility index (Phi) is 4.06. The van der Waals surface area contributed by atoms with E-state index in [0.717, 1.165) is 17.1 Å². The SMILES string of the molecule is Cc1nc(CCNc2cc(C)c([N+](=O)[O-])cn2)cs1. The predicted octanol–water partition coefficient (Wildman–Crippen LogP) is 2.72. The summed E-state index contributed by atoms with van der Waals surface area (Å²) in [5.74, 6) is 0.648.